The third kappa shape index (κ3) is 5.11. The van der Waals surface area contributed by atoms with E-state index in [1.54, 1.807) is 22.9 Å². The third-order valence-electron chi connectivity index (χ3n) is 10.0. The van der Waals surface area contributed by atoms with E-state index in [4.69, 9.17) is 4.74 Å². The molecule has 6 rings (SSSR count). The molecule has 4 heterocycles. The first-order chi connectivity index (χ1) is 20.6. The number of likely N-dealkylation sites (tertiary alicyclic amines) is 1. The van der Waals surface area contributed by atoms with Crippen molar-refractivity contribution < 1.29 is 28.3 Å². The van der Waals surface area contributed by atoms with Crippen LogP contribution in [0.4, 0.5) is 15.5 Å². The summed E-state index contributed by atoms with van der Waals surface area (Å²) in [6.07, 6.45) is 3.20. The van der Waals surface area contributed by atoms with Gasteiger partial charge in [-0.2, -0.15) is 0 Å². The number of anilines is 2. The van der Waals surface area contributed by atoms with Crippen LogP contribution in [0.1, 0.15) is 56.6 Å². The summed E-state index contributed by atoms with van der Waals surface area (Å²) in [6.45, 7) is 6.60. The number of hydrogen-bond donors (Lipinski definition) is 1. The largest absolute Gasteiger partial charge is 0.394 e. The first-order valence-corrected chi connectivity index (χ1v) is 18.6. The lowest BCUT2D eigenvalue weighted by atomic mass is 9.82. The summed E-state index contributed by atoms with van der Waals surface area (Å²) in [5, 5.41) is 9.79. The van der Waals surface area contributed by atoms with Crippen LogP contribution in [0.25, 0.3) is 0 Å². The van der Waals surface area contributed by atoms with Crippen molar-refractivity contribution in [2.45, 2.75) is 88.4 Å². The topological polar surface area (TPSA) is 90.4 Å². The molecule has 230 valence electrons. The third-order valence-corrected chi connectivity index (χ3v) is 12.5. The highest BCUT2D eigenvalue weighted by atomic mass is 28.4. The maximum atomic E-state index is 16.1. The number of fused-ring (bicyclic) bond motifs is 2. The first-order valence-electron chi connectivity index (χ1n) is 15.6. The molecule has 43 heavy (non-hydrogen) atoms. The number of ether oxygens (including phenoxy) is 1. The molecule has 2 aromatic rings. The van der Waals surface area contributed by atoms with Crippen LogP contribution in [0.2, 0.25) is 18.6 Å². The van der Waals surface area contributed by atoms with Gasteiger partial charge < -0.3 is 28.7 Å². The summed E-state index contributed by atoms with van der Waals surface area (Å²) >= 11 is 0. The average Bonchev–Trinajstić information content (AvgIpc) is 3.64. The van der Waals surface area contributed by atoms with Gasteiger partial charge in [0.1, 0.15) is 0 Å². The van der Waals surface area contributed by atoms with E-state index in [9.17, 15) is 19.5 Å². The number of hydrogen-bond acceptors (Lipinski definition) is 5. The summed E-state index contributed by atoms with van der Waals surface area (Å²) in [5.41, 5.74) is 1.18. The summed E-state index contributed by atoms with van der Waals surface area (Å²) in [6, 6.07) is 15.1. The van der Waals surface area contributed by atoms with Gasteiger partial charge in [-0.25, -0.2) is 0 Å². The van der Waals surface area contributed by atoms with E-state index < -0.39 is 31.6 Å². The fourth-order valence-electron chi connectivity index (χ4n) is 8.09. The van der Waals surface area contributed by atoms with Gasteiger partial charge >= 0.3 is 0 Å². The van der Waals surface area contributed by atoms with Crippen molar-refractivity contribution in [3.63, 3.8) is 0 Å². The minimum absolute atomic E-state index is 0.0189. The van der Waals surface area contributed by atoms with Gasteiger partial charge in [-0.3, -0.25) is 14.4 Å². The van der Waals surface area contributed by atoms with Crippen LogP contribution in [-0.2, 0) is 31.3 Å². The van der Waals surface area contributed by atoms with Crippen LogP contribution < -0.4 is 9.80 Å². The molecule has 4 aliphatic rings. The predicted molar refractivity (Wildman–Crippen MR) is 165 cm³/mol. The maximum absolute atomic E-state index is 16.1. The molecule has 0 bridgehead atoms. The van der Waals surface area contributed by atoms with Crippen LogP contribution in [0.15, 0.2) is 48.5 Å². The highest BCUT2D eigenvalue weighted by Crippen LogP contribution is 2.60. The van der Waals surface area contributed by atoms with Crippen LogP contribution in [-0.4, -0.2) is 68.0 Å². The zero-order valence-corrected chi connectivity index (χ0v) is 26.3. The smallest absolute Gasteiger partial charge is 0.264 e. The van der Waals surface area contributed by atoms with Crippen molar-refractivity contribution >= 4 is 37.5 Å². The number of nitrogens with zero attached hydrogens (tertiary/aromatic N) is 3. The Morgan fingerprint density at radius 1 is 1.09 bits per heavy atom. The molecular formula is C33H42FN3O5Si. The number of para-hydroxylation sites is 1. The average molecular weight is 608 g/mol. The van der Waals surface area contributed by atoms with Gasteiger partial charge in [-0.05, 0) is 62.5 Å². The maximum Gasteiger partial charge on any atom is 0.264 e. The van der Waals surface area contributed by atoms with Crippen LogP contribution >= 0.6 is 0 Å². The highest BCUT2D eigenvalue weighted by molar-refractivity contribution is 6.72. The minimum atomic E-state index is -3.41. The van der Waals surface area contributed by atoms with Crippen molar-refractivity contribution in [2.24, 2.45) is 5.92 Å². The summed E-state index contributed by atoms with van der Waals surface area (Å²) in [7, 11) is -3.41. The number of carbonyl (C=O) groups excluding carboxylic acids is 3. The van der Waals surface area contributed by atoms with Crippen molar-refractivity contribution in [1.29, 1.82) is 0 Å². The summed E-state index contributed by atoms with van der Waals surface area (Å²) in [5.74, 6) is -0.774. The Hall–Kier alpha value is -3.08. The lowest BCUT2D eigenvalue weighted by Gasteiger charge is -2.31. The monoisotopic (exact) mass is 607 g/mol. The van der Waals surface area contributed by atoms with Gasteiger partial charge in [0, 0.05) is 42.2 Å². The Kier molecular flexibility index (Phi) is 7.98. The number of rotatable bonds is 7. The van der Waals surface area contributed by atoms with Crippen molar-refractivity contribution in [2.75, 3.05) is 29.5 Å². The summed E-state index contributed by atoms with van der Waals surface area (Å²) in [4.78, 5) is 45.9. The molecule has 4 aliphatic heterocycles. The molecule has 1 N–H and O–H groups in total. The van der Waals surface area contributed by atoms with Crippen molar-refractivity contribution in [1.82, 2.24) is 4.90 Å². The zero-order chi connectivity index (χ0) is 30.5. The molecule has 1 spiro atoms. The second-order valence-corrected chi connectivity index (χ2v) is 16.9. The fourth-order valence-corrected chi connectivity index (χ4v) is 10.6. The fraction of sp³-hybridized carbons (Fsp3) is 0.545. The zero-order valence-electron chi connectivity index (χ0n) is 25.3. The number of aliphatic hydroxyl groups is 1. The molecule has 3 fully saturated rings. The van der Waals surface area contributed by atoms with Gasteiger partial charge in [0.05, 0.1) is 37.4 Å². The Morgan fingerprint density at radius 3 is 2.63 bits per heavy atom. The lowest BCUT2D eigenvalue weighted by Crippen LogP contribution is -2.45. The van der Waals surface area contributed by atoms with Gasteiger partial charge in [-0.1, -0.05) is 37.3 Å². The Balaban J connectivity index is 1.32. The van der Waals surface area contributed by atoms with E-state index in [1.807, 2.05) is 60.4 Å². The van der Waals surface area contributed by atoms with Crippen molar-refractivity contribution in [3.05, 3.63) is 59.7 Å². The number of halogens is 1. The van der Waals surface area contributed by atoms with Crippen molar-refractivity contribution in [3.8, 4) is 0 Å². The van der Waals surface area contributed by atoms with Crippen LogP contribution in [0, 0.1) is 5.92 Å². The highest BCUT2D eigenvalue weighted by Gasteiger charge is 2.67. The lowest BCUT2D eigenvalue weighted by molar-refractivity contribution is -0.150. The number of amides is 3. The van der Waals surface area contributed by atoms with Gasteiger partial charge in [0.15, 0.2) is 5.60 Å². The van der Waals surface area contributed by atoms with E-state index in [1.165, 1.54) is 0 Å². The first kappa shape index (κ1) is 30.0. The Labute approximate surface area is 254 Å². The van der Waals surface area contributed by atoms with E-state index in [0.717, 1.165) is 42.6 Å². The normalized spacial score (nSPS) is 29.2. The molecule has 5 atom stereocenters. The van der Waals surface area contributed by atoms with E-state index >= 15 is 4.11 Å². The molecule has 3 saturated heterocycles. The number of aliphatic hydroxyl groups excluding tert-OH is 1. The van der Waals surface area contributed by atoms with Gasteiger partial charge in [0.2, 0.25) is 20.2 Å². The van der Waals surface area contributed by atoms with Crippen LogP contribution in [0.3, 0.4) is 0 Å². The molecule has 10 heteroatoms. The SMILES string of the molecule is C[C@H]1[C@H]([Si](C)(C)F)[C@@H](CC(=O)N2CCC[C@H]2CO)O[C@]12C(=O)N(Cc1cccc(N3CCCCC3=O)c1)c1ccccc12. The molecule has 3 amide bonds. The number of carbonyl (C=O) groups is 3. The Morgan fingerprint density at radius 2 is 1.88 bits per heavy atom. The van der Waals surface area contributed by atoms with E-state index in [0.29, 0.717) is 25.1 Å². The van der Waals surface area contributed by atoms with Gasteiger partial charge in [-0.15, -0.1) is 0 Å². The summed E-state index contributed by atoms with van der Waals surface area (Å²) < 4.78 is 22.9. The molecule has 0 aromatic heterocycles. The molecule has 0 unspecified atom stereocenters. The van der Waals surface area contributed by atoms with E-state index in [-0.39, 0.29) is 43.3 Å². The standard InChI is InChI=1S/C33H42FN3O5Si/c1-22-31(43(2,3)34)28(19-30(40)36-17-9-12-25(36)21-38)42-33(22)26-13-4-5-14-27(26)37(32(33)41)20-23-10-8-11-24(18-23)35-16-7-6-15-29(35)39/h4-5,8,10-11,13-14,18,22,25,28,31,38H,6-7,9,12,15-17,19-21H2,1-3H3/t22-,25-,28+,31-,33+/m0/s1. The number of piperidine rings is 1. The Bertz CT molecular complexity index is 1410. The molecule has 8 nitrogen and oxygen atoms in total. The molecule has 0 radical (unpaired) electrons. The second-order valence-electron chi connectivity index (χ2n) is 13.1. The molecular weight excluding hydrogens is 565 g/mol. The van der Waals surface area contributed by atoms with Crippen LogP contribution in [0.5, 0.6) is 0 Å². The predicted octanol–water partition coefficient (Wildman–Crippen LogP) is 4.90. The molecule has 0 aliphatic carbocycles. The second kappa shape index (κ2) is 11.4. The van der Waals surface area contributed by atoms with Gasteiger partial charge in [0.25, 0.3) is 5.91 Å². The minimum Gasteiger partial charge on any atom is -0.394 e. The molecule has 0 saturated carbocycles. The van der Waals surface area contributed by atoms with E-state index in [2.05, 4.69) is 0 Å². The number of benzene rings is 2. The quantitative estimate of drug-likeness (QED) is 0.357. The molecule has 2 aromatic carbocycles.